The average Bonchev–Trinajstić information content (AvgIpc) is 2.93. The molecular formula is C12H17N3O3. The molecule has 1 saturated heterocycles. The van der Waals surface area contributed by atoms with Crippen LogP contribution >= 0.6 is 0 Å². The van der Waals surface area contributed by atoms with Gasteiger partial charge in [-0.25, -0.2) is 4.79 Å². The number of nitrogens with one attached hydrogen (secondary N) is 1. The molecule has 0 bridgehead atoms. The Bertz CT molecular complexity index is 457. The van der Waals surface area contributed by atoms with Crippen LogP contribution in [0.1, 0.15) is 26.0 Å². The second-order valence-electron chi connectivity index (χ2n) is 4.62. The van der Waals surface area contributed by atoms with Crippen LogP contribution in [0, 0.1) is 0 Å². The molecule has 1 aliphatic rings. The van der Waals surface area contributed by atoms with E-state index in [9.17, 15) is 9.59 Å². The lowest BCUT2D eigenvalue weighted by Gasteiger charge is -2.20. The van der Waals surface area contributed by atoms with Crippen LogP contribution in [0.25, 0.3) is 0 Å². The van der Waals surface area contributed by atoms with Crippen LogP contribution in [-0.4, -0.2) is 29.4 Å². The van der Waals surface area contributed by atoms with Gasteiger partial charge in [0.05, 0.1) is 6.26 Å². The Kier molecular flexibility index (Phi) is 3.13. The molecule has 3 N–H and O–H groups in total. The molecule has 0 radical (unpaired) electrons. The molecule has 6 heteroatoms. The summed E-state index contributed by atoms with van der Waals surface area (Å²) in [5.74, 6) is 0.0970. The Morgan fingerprint density at radius 3 is 2.83 bits per heavy atom. The molecule has 1 aromatic heterocycles. The second-order valence-corrected chi connectivity index (χ2v) is 4.62. The second kappa shape index (κ2) is 4.45. The van der Waals surface area contributed by atoms with Gasteiger partial charge in [0.15, 0.2) is 5.54 Å². The van der Waals surface area contributed by atoms with Crippen LogP contribution in [0.5, 0.6) is 0 Å². The summed E-state index contributed by atoms with van der Waals surface area (Å²) in [6, 6.07) is 2.71. The molecule has 2 atom stereocenters. The minimum absolute atomic E-state index is 0.210. The number of carbonyl (C=O) groups excluding carboxylic acids is 2. The summed E-state index contributed by atoms with van der Waals surface area (Å²) in [6.07, 6.45) is 2.18. The van der Waals surface area contributed by atoms with Gasteiger partial charge in [-0.2, -0.15) is 0 Å². The van der Waals surface area contributed by atoms with Crippen LogP contribution in [0.4, 0.5) is 4.79 Å². The lowest BCUT2D eigenvalue weighted by atomic mass is 9.99. The first kappa shape index (κ1) is 12.6. The monoisotopic (exact) mass is 251 g/mol. The first-order valence-electron chi connectivity index (χ1n) is 5.92. The molecule has 1 fully saturated rings. The molecule has 0 saturated carbocycles. The molecule has 0 spiro atoms. The van der Waals surface area contributed by atoms with Gasteiger partial charge in [0.25, 0.3) is 5.91 Å². The zero-order chi connectivity index (χ0) is 13.3. The van der Waals surface area contributed by atoms with Gasteiger partial charge >= 0.3 is 6.03 Å². The van der Waals surface area contributed by atoms with Gasteiger partial charge in [0, 0.05) is 12.6 Å². The Hall–Kier alpha value is -1.82. The van der Waals surface area contributed by atoms with Crippen molar-refractivity contribution in [1.82, 2.24) is 10.2 Å². The van der Waals surface area contributed by atoms with Gasteiger partial charge in [-0.1, -0.05) is 6.92 Å². The highest BCUT2D eigenvalue weighted by Gasteiger charge is 2.50. The van der Waals surface area contributed by atoms with Crippen molar-refractivity contribution in [2.75, 3.05) is 6.54 Å². The number of hydrogen-bond donors (Lipinski definition) is 2. The molecule has 0 aromatic carbocycles. The van der Waals surface area contributed by atoms with Crippen LogP contribution in [0.2, 0.25) is 0 Å². The van der Waals surface area contributed by atoms with E-state index in [4.69, 9.17) is 10.2 Å². The maximum Gasteiger partial charge on any atom is 0.325 e. The van der Waals surface area contributed by atoms with Crippen molar-refractivity contribution >= 4 is 11.9 Å². The third kappa shape index (κ3) is 1.88. The molecule has 98 valence electrons. The number of imide groups is 1. The van der Waals surface area contributed by atoms with Crippen molar-refractivity contribution in [1.29, 1.82) is 0 Å². The smallest absolute Gasteiger partial charge is 0.325 e. The summed E-state index contributed by atoms with van der Waals surface area (Å²) < 4.78 is 5.23. The summed E-state index contributed by atoms with van der Waals surface area (Å²) >= 11 is 0. The number of hydrogen-bond acceptors (Lipinski definition) is 4. The Morgan fingerprint density at radius 1 is 1.56 bits per heavy atom. The van der Waals surface area contributed by atoms with E-state index in [0.29, 0.717) is 12.2 Å². The highest BCUT2D eigenvalue weighted by Crippen LogP contribution is 2.29. The third-order valence-electron chi connectivity index (χ3n) is 3.23. The highest BCUT2D eigenvalue weighted by molar-refractivity contribution is 6.06. The summed E-state index contributed by atoms with van der Waals surface area (Å²) in [7, 11) is 0. The Balaban J connectivity index is 2.24. The highest BCUT2D eigenvalue weighted by atomic mass is 16.3. The largest absolute Gasteiger partial charge is 0.466 e. The van der Waals surface area contributed by atoms with Gasteiger partial charge in [-0.15, -0.1) is 0 Å². The molecule has 6 nitrogen and oxygen atoms in total. The molecule has 2 unspecified atom stereocenters. The lowest BCUT2D eigenvalue weighted by Crippen LogP contribution is -2.43. The molecule has 2 rings (SSSR count). The number of amides is 3. The number of furan rings is 1. The van der Waals surface area contributed by atoms with E-state index in [2.05, 4.69) is 5.32 Å². The van der Waals surface area contributed by atoms with Crippen LogP contribution in [0.15, 0.2) is 22.8 Å². The number of nitrogens with zero attached hydrogens (tertiary/aromatic N) is 1. The lowest BCUT2D eigenvalue weighted by molar-refractivity contribution is -0.131. The first-order valence-corrected chi connectivity index (χ1v) is 5.92. The predicted octanol–water partition coefficient (Wildman–Crippen LogP) is 0.784. The first-order chi connectivity index (χ1) is 8.49. The summed E-state index contributed by atoms with van der Waals surface area (Å²) in [5, 5.41) is 2.65. The molecule has 0 aliphatic carbocycles. The normalized spacial score (nSPS) is 25.4. The van der Waals surface area contributed by atoms with E-state index in [-0.39, 0.29) is 18.5 Å². The summed E-state index contributed by atoms with van der Waals surface area (Å²) in [6.45, 7) is 3.76. The fourth-order valence-electron chi connectivity index (χ4n) is 1.96. The van der Waals surface area contributed by atoms with E-state index in [0.717, 1.165) is 4.90 Å². The van der Waals surface area contributed by atoms with Gasteiger partial charge < -0.3 is 15.5 Å². The number of carbonyl (C=O) groups is 2. The summed E-state index contributed by atoms with van der Waals surface area (Å²) in [4.78, 5) is 25.3. The van der Waals surface area contributed by atoms with Crippen molar-refractivity contribution in [2.24, 2.45) is 5.73 Å². The van der Waals surface area contributed by atoms with Crippen LogP contribution in [-0.2, 0) is 10.3 Å². The molecular weight excluding hydrogens is 234 g/mol. The number of urea groups is 1. The topological polar surface area (TPSA) is 88.6 Å². The predicted molar refractivity (Wildman–Crippen MR) is 64.6 cm³/mol. The van der Waals surface area contributed by atoms with Crippen LogP contribution in [0.3, 0.4) is 0 Å². The fourth-order valence-corrected chi connectivity index (χ4v) is 1.96. The molecule has 18 heavy (non-hydrogen) atoms. The van der Waals surface area contributed by atoms with Gasteiger partial charge in [-0.3, -0.25) is 9.69 Å². The minimum Gasteiger partial charge on any atom is -0.466 e. The van der Waals surface area contributed by atoms with E-state index in [1.54, 1.807) is 19.1 Å². The van der Waals surface area contributed by atoms with E-state index in [1.165, 1.54) is 6.26 Å². The SMILES string of the molecule is CCC(N)CN1C(=O)NC(C)(c2ccco2)C1=O. The third-order valence-corrected chi connectivity index (χ3v) is 3.23. The van der Waals surface area contributed by atoms with E-state index in [1.807, 2.05) is 6.92 Å². The van der Waals surface area contributed by atoms with Crippen molar-refractivity contribution in [3.63, 3.8) is 0 Å². The maximum atomic E-state index is 12.3. The molecule has 1 aliphatic heterocycles. The van der Waals surface area contributed by atoms with Gasteiger partial charge in [-0.05, 0) is 25.5 Å². The van der Waals surface area contributed by atoms with Crippen molar-refractivity contribution in [2.45, 2.75) is 31.8 Å². The maximum absolute atomic E-state index is 12.3. The Labute approximate surface area is 105 Å². The quantitative estimate of drug-likeness (QED) is 0.774. The Morgan fingerprint density at radius 2 is 2.28 bits per heavy atom. The van der Waals surface area contributed by atoms with E-state index < -0.39 is 11.6 Å². The van der Waals surface area contributed by atoms with Crippen molar-refractivity contribution in [3.05, 3.63) is 24.2 Å². The molecule has 2 heterocycles. The number of nitrogens with two attached hydrogens (primary N) is 1. The van der Waals surface area contributed by atoms with Crippen LogP contribution < -0.4 is 11.1 Å². The van der Waals surface area contributed by atoms with Crippen molar-refractivity contribution < 1.29 is 14.0 Å². The zero-order valence-corrected chi connectivity index (χ0v) is 10.5. The standard InChI is InChI=1S/C12H17N3O3/c1-3-8(13)7-15-10(16)12(2,14-11(15)17)9-5-4-6-18-9/h4-6,8H,3,7,13H2,1-2H3,(H,14,17). The fraction of sp³-hybridized carbons (Fsp3) is 0.500. The molecule has 3 amide bonds. The van der Waals surface area contributed by atoms with Gasteiger partial charge in [0.1, 0.15) is 5.76 Å². The van der Waals surface area contributed by atoms with Gasteiger partial charge in [0.2, 0.25) is 0 Å². The number of rotatable bonds is 4. The minimum atomic E-state index is -1.13. The van der Waals surface area contributed by atoms with Crippen molar-refractivity contribution in [3.8, 4) is 0 Å². The molecule has 1 aromatic rings. The van der Waals surface area contributed by atoms with E-state index >= 15 is 0 Å². The zero-order valence-electron chi connectivity index (χ0n) is 10.5. The average molecular weight is 251 g/mol. The summed E-state index contributed by atoms with van der Waals surface area (Å²) in [5.41, 5.74) is 4.66.